The molecular weight excluding hydrogens is 308 g/mol. The molecule has 2 N–H and O–H groups in total. The smallest absolute Gasteiger partial charge is 0.341 e. The van der Waals surface area contributed by atoms with E-state index in [0.29, 0.717) is 12.1 Å². The molecule has 0 saturated heterocycles. The lowest BCUT2D eigenvalue weighted by molar-refractivity contribution is -0.120. The number of nitrogens with one attached hydrogen (secondary N) is 1. The summed E-state index contributed by atoms with van der Waals surface area (Å²) < 4.78 is 50.9. The minimum absolute atomic E-state index is 0.0682. The van der Waals surface area contributed by atoms with Gasteiger partial charge in [0.15, 0.2) is 15.7 Å². The standard InChI is InChI=1S/C12H13F2NO5S/c1-15-9(16)3-2-6-21(19,20)8-5-4-7(13)10(11(8)14)12(17)18/h4-5H,2-3,6H2,1H3,(H,15,16)(H,17,18). The second kappa shape index (κ2) is 6.61. The Morgan fingerprint density at radius 3 is 2.43 bits per heavy atom. The van der Waals surface area contributed by atoms with Gasteiger partial charge in [0, 0.05) is 13.5 Å². The number of carbonyl (C=O) groups excluding carboxylic acids is 1. The molecule has 116 valence electrons. The summed E-state index contributed by atoms with van der Waals surface area (Å²) in [7, 11) is -2.77. The lowest BCUT2D eigenvalue weighted by Crippen LogP contribution is -2.19. The van der Waals surface area contributed by atoms with Crippen LogP contribution in [0.25, 0.3) is 0 Å². The van der Waals surface area contributed by atoms with Gasteiger partial charge in [0.1, 0.15) is 16.3 Å². The van der Waals surface area contributed by atoms with E-state index in [0.717, 1.165) is 0 Å². The van der Waals surface area contributed by atoms with Crippen molar-refractivity contribution in [1.82, 2.24) is 5.32 Å². The van der Waals surface area contributed by atoms with Gasteiger partial charge in [0.2, 0.25) is 5.91 Å². The molecule has 0 aliphatic heterocycles. The highest BCUT2D eigenvalue weighted by Crippen LogP contribution is 2.22. The number of hydrogen-bond donors (Lipinski definition) is 2. The van der Waals surface area contributed by atoms with Crippen LogP contribution in [0.5, 0.6) is 0 Å². The van der Waals surface area contributed by atoms with Crippen LogP contribution in [-0.2, 0) is 14.6 Å². The molecule has 0 spiro atoms. The van der Waals surface area contributed by atoms with Crippen molar-refractivity contribution in [2.24, 2.45) is 0 Å². The normalized spacial score (nSPS) is 11.2. The van der Waals surface area contributed by atoms with Gasteiger partial charge in [-0.15, -0.1) is 0 Å². The zero-order valence-corrected chi connectivity index (χ0v) is 11.8. The fraction of sp³-hybridized carbons (Fsp3) is 0.333. The molecule has 6 nitrogen and oxygen atoms in total. The molecule has 0 fully saturated rings. The van der Waals surface area contributed by atoms with Crippen molar-refractivity contribution in [3.8, 4) is 0 Å². The third kappa shape index (κ3) is 3.97. The Kier molecular flexibility index (Phi) is 5.36. The van der Waals surface area contributed by atoms with Crippen LogP contribution in [0, 0.1) is 11.6 Å². The van der Waals surface area contributed by atoms with E-state index in [2.05, 4.69) is 5.32 Å². The number of rotatable bonds is 6. The maximum atomic E-state index is 13.9. The molecule has 0 heterocycles. The van der Waals surface area contributed by atoms with Gasteiger partial charge in [-0.25, -0.2) is 22.0 Å². The topological polar surface area (TPSA) is 101 Å². The van der Waals surface area contributed by atoms with E-state index >= 15 is 0 Å². The van der Waals surface area contributed by atoms with Crippen LogP contribution >= 0.6 is 0 Å². The maximum Gasteiger partial charge on any atom is 0.341 e. The highest BCUT2D eigenvalue weighted by molar-refractivity contribution is 7.91. The van der Waals surface area contributed by atoms with Gasteiger partial charge in [-0.1, -0.05) is 0 Å². The zero-order valence-electron chi connectivity index (χ0n) is 11.0. The quantitative estimate of drug-likeness (QED) is 0.760. The summed E-state index contributed by atoms with van der Waals surface area (Å²) in [6.07, 6.45) is -0.147. The number of halogens is 2. The van der Waals surface area contributed by atoms with Crippen molar-refractivity contribution in [3.05, 3.63) is 29.3 Å². The van der Waals surface area contributed by atoms with Crippen molar-refractivity contribution in [3.63, 3.8) is 0 Å². The third-order valence-corrected chi connectivity index (χ3v) is 4.51. The number of carbonyl (C=O) groups is 2. The van der Waals surface area contributed by atoms with E-state index in [1.165, 1.54) is 7.05 Å². The van der Waals surface area contributed by atoms with Crippen LogP contribution in [0.2, 0.25) is 0 Å². The van der Waals surface area contributed by atoms with E-state index in [1.54, 1.807) is 0 Å². The first-order valence-corrected chi connectivity index (χ1v) is 7.50. The molecule has 0 saturated carbocycles. The molecule has 0 atom stereocenters. The number of carboxylic acids is 1. The Balaban J connectivity index is 3.07. The number of hydrogen-bond acceptors (Lipinski definition) is 4. The monoisotopic (exact) mass is 321 g/mol. The Morgan fingerprint density at radius 1 is 1.29 bits per heavy atom. The van der Waals surface area contributed by atoms with Gasteiger partial charge in [-0.3, -0.25) is 4.79 Å². The van der Waals surface area contributed by atoms with Gasteiger partial charge in [-0.2, -0.15) is 0 Å². The van der Waals surface area contributed by atoms with Gasteiger partial charge < -0.3 is 10.4 Å². The molecular formula is C12H13F2NO5S. The lowest BCUT2D eigenvalue weighted by Gasteiger charge is -2.08. The number of aromatic carboxylic acids is 1. The summed E-state index contributed by atoms with van der Waals surface area (Å²) in [5.41, 5.74) is -1.32. The Hall–Kier alpha value is -2.03. The second-order valence-electron chi connectivity index (χ2n) is 4.14. The average Bonchev–Trinajstić information content (AvgIpc) is 2.37. The van der Waals surface area contributed by atoms with Gasteiger partial charge in [0.05, 0.1) is 5.75 Å². The van der Waals surface area contributed by atoms with E-state index < -0.39 is 43.7 Å². The molecule has 9 heteroatoms. The predicted octanol–water partition coefficient (Wildman–Crippen LogP) is 0.963. The summed E-state index contributed by atoms with van der Waals surface area (Å²) in [5.74, 6) is -5.82. The molecule has 21 heavy (non-hydrogen) atoms. The van der Waals surface area contributed by atoms with Crippen molar-refractivity contribution in [2.75, 3.05) is 12.8 Å². The molecule has 0 unspecified atom stereocenters. The molecule has 0 aliphatic rings. The van der Waals surface area contributed by atoms with E-state index in [4.69, 9.17) is 5.11 Å². The molecule has 1 amide bonds. The summed E-state index contributed by atoms with van der Waals surface area (Å²) >= 11 is 0. The summed E-state index contributed by atoms with van der Waals surface area (Å²) in [6.45, 7) is 0. The molecule has 0 radical (unpaired) electrons. The van der Waals surface area contributed by atoms with Crippen molar-refractivity contribution in [1.29, 1.82) is 0 Å². The molecule has 0 aliphatic carbocycles. The molecule has 1 aromatic rings. The molecule has 1 rings (SSSR count). The average molecular weight is 321 g/mol. The number of carboxylic acid groups (broad SMARTS) is 1. The minimum atomic E-state index is -4.15. The van der Waals surface area contributed by atoms with Gasteiger partial charge in [-0.05, 0) is 18.6 Å². The van der Waals surface area contributed by atoms with Crippen LogP contribution in [-0.4, -0.2) is 38.2 Å². The zero-order chi connectivity index (χ0) is 16.2. The number of amides is 1. The van der Waals surface area contributed by atoms with Crippen LogP contribution in [0.15, 0.2) is 17.0 Å². The molecule has 0 bridgehead atoms. The minimum Gasteiger partial charge on any atom is -0.477 e. The fourth-order valence-corrected chi connectivity index (χ4v) is 3.02. The molecule has 0 aromatic heterocycles. The van der Waals surface area contributed by atoms with Crippen LogP contribution in [0.1, 0.15) is 23.2 Å². The van der Waals surface area contributed by atoms with E-state index in [9.17, 15) is 26.8 Å². The van der Waals surface area contributed by atoms with Crippen LogP contribution in [0.4, 0.5) is 8.78 Å². The summed E-state index contributed by atoms with van der Waals surface area (Å²) in [5, 5.41) is 11.0. The van der Waals surface area contributed by atoms with Gasteiger partial charge >= 0.3 is 5.97 Å². The van der Waals surface area contributed by atoms with E-state index in [-0.39, 0.29) is 18.7 Å². The number of sulfone groups is 1. The van der Waals surface area contributed by atoms with Crippen LogP contribution < -0.4 is 5.32 Å². The first-order chi connectivity index (χ1) is 9.70. The van der Waals surface area contributed by atoms with E-state index in [1.807, 2.05) is 0 Å². The van der Waals surface area contributed by atoms with Crippen molar-refractivity contribution < 1.29 is 31.9 Å². The second-order valence-corrected chi connectivity index (χ2v) is 6.21. The largest absolute Gasteiger partial charge is 0.477 e. The summed E-state index contributed by atoms with van der Waals surface area (Å²) in [6, 6.07) is 1.25. The predicted molar refractivity (Wildman–Crippen MR) is 68.7 cm³/mol. The highest BCUT2D eigenvalue weighted by atomic mass is 32.2. The first-order valence-electron chi connectivity index (χ1n) is 5.85. The lowest BCUT2D eigenvalue weighted by atomic mass is 10.2. The third-order valence-electron chi connectivity index (χ3n) is 2.70. The van der Waals surface area contributed by atoms with Gasteiger partial charge in [0.25, 0.3) is 0 Å². The Morgan fingerprint density at radius 2 is 1.90 bits per heavy atom. The van der Waals surface area contributed by atoms with Crippen molar-refractivity contribution >= 4 is 21.7 Å². The maximum absolute atomic E-state index is 13.9. The molecule has 1 aromatic carbocycles. The van der Waals surface area contributed by atoms with Crippen molar-refractivity contribution in [2.45, 2.75) is 17.7 Å². The summed E-state index contributed by atoms with van der Waals surface area (Å²) in [4.78, 5) is 20.8. The Bertz CT molecular complexity index is 672. The first kappa shape index (κ1) is 17.0. The van der Waals surface area contributed by atoms with Crippen LogP contribution in [0.3, 0.4) is 0 Å². The fourth-order valence-electron chi connectivity index (χ4n) is 1.63. The Labute approximate surface area is 119 Å². The number of benzene rings is 1. The SMILES string of the molecule is CNC(=O)CCCS(=O)(=O)c1ccc(F)c(C(=O)O)c1F. The highest BCUT2D eigenvalue weighted by Gasteiger charge is 2.26.